The number of phenolic OH excluding ortho intramolecular Hbond substituents is 1. The van der Waals surface area contributed by atoms with Crippen LogP contribution in [-0.2, 0) is 0 Å². The van der Waals surface area contributed by atoms with E-state index in [2.05, 4.69) is 0 Å². The van der Waals surface area contributed by atoms with E-state index in [1.165, 1.54) is 4.90 Å². The van der Waals surface area contributed by atoms with Crippen molar-refractivity contribution in [3.63, 3.8) is 0 Å². The number of aryl methyl sites for hydroxylation is 1. The summed E-state index contributed by atoms with van der Waals surface area (Å²) >= 11 is 0. The second-order valence-corrected chi connectivity index (χ2v) is 4.47. The smallest absolute Gasteiger partial charge is 0.414 e. The van der Waals surface area contributed by atoms with Crippen LogP contribution < -0.4 is 4.74 Å². The van der Waals surface area contributed by atoms with E-state index in [9.17, 15) is 9.90 Å². The van der Waals surface area contributed by atoms with Crippen molar-refractivity contribution in [2.75, 3.05) is 13.6 Å². The molecule has 4 heteroatoms. The van der Waals surface area contributed by atoms with E-state index >= 15 is 0 Å². The molecule has 2 aromatic rings. The second-order valence-electron chi connectivity index (χ2n) is 4.47. The van der Waals surface area contributed by atoms with Crippen LogP contribution in [0.3, 0.4) is 0 Å². The van der Waals surface area contributed by atoms with E-state index in [1.807, 2.05) is 25.1 Å². The number of fused-ring (bicyclic) bond motifs is 1. The van der Waals surface area contributed by atoms with Crippen molar-refractivity contribution in [1.29, 1.82) is 0 Å². The van der Waals surface area contributed by atoms with Crippen LogP contribution in [0.15, 0.2) is 30.3 Å². The average Bonchev–Trinajstić information content (AvgIpc) is 2.43. The number of hydrogen-bond donors (Lipinski definition) is 1. The number of rotatable bonds is 2. The SMILES string of the molecule is CCN(C)C(=O)Oc1cc(C)c(O)c2ccccc12. The Morgan fingerprint density at radius 3 is 2.58 bits per heavy atom. The van der Waals surface area contributed by atoms with Gasteiger partial charge in [-0.15, -0.1) is 0 Å². The maximum Gasteiger partial charge on any atom is 0.414 e. The number of benzene rings is 2. The summed E-state index contributed by atoms with van der Waals surface area (Å²) in [4.78, 5) is 13.3. The number of carbonyl (C=O) groups excluding carboxylic acids is 1. The van der Waals surface area contributed by atoms with Crippen molar-refractivity contribution >= 4 is 16.9 Å². The summed E-state index contributed by atoms with van der Waals surface area (Å²) in [6.07, 6.45) is -0.405. The van der Waals surface area contributed by atoms with Gasteiger partial charge in [-0.05, 0) is 25.5 Å². The lowest BCUT2D eigenvalue weighted by atomic mass is 10.1. The van der Waals surface area contributed by atoms with E-state index in [4.69, 9.17) is 4.74 Å². The molecule has 100 valence electrons. The number of aromatic hydroxyl groups is 1. The zero-order valence-electron chi connectivity index (χ0n) is 11.3. The number of amides is 1. The van der Waals surface area contributed by atoms with E-state index in [1.54, 1.807) is 26.1 Å². The first kappa shape index (κ1) is 13.2. The fourth-order valence-electron chi connectivity index (χ4n) is 1.85. The molecule has 0 bridgehead atoms. The van der Waals surface area contributed by atoms with E-state index < -0.39 is 6.09 Å². The van der Waals surface area contributed by atoms with Crippen LogP contribution in [0, 0.1) is 6.92 Å². The molecule has 1 amide bonds. The minimum atomic E-state index is -0.405. The summed E-state index contributed by atoms with van der Waals surface area (Å²) in [6.45, 7) is 4.23. The first-order chi connectivity index (χ1) is 9.04. The second kappa shape index (κ2) is 5.18. The molecule has 0 aliphatic rings. The molecule has 0 aliphatic carbocycles. The van der Waals surface area contributed by atoms with Gasteiger partial charge in [0.1, 0.15) is 11.5 Å². The van der Waals surface area contributed by atoms with Gasteiger partial charge in [0.15, 0.2) is 0 Å². The van der Waals surface area contributed by atoms with Gasteiger partial charge >= 0.3 is 6.09 Å². The van der Waals surface area contributed by atoms with Gasteiger partial charge in [0.25, 0.3) is 0 Å². The molecule has 0 unspecified atom stereocenters. The summed E-state index contributed by atoms with van der Waals surface area (Å²) < 4.78 is 5.39. The summed E-state index contributed by atoms with van der Waals surface area (Å²) in [6, 6.07) is 8.99. The van der Waals surface area contributed by atoms with Crippen molar-refractivity contribution in [3.05, 3.63) is 35.9 Å². The molecule has 0 atom stereocenters. The first-order valence-corrected chi connectivity index (χ1v) is 6.18. The van der Waals surface area contributed by atoms with Crippen molar-refractivity contribution in [2.45, 2.75) is 13.8 Å². The minimum absolute atomic E-state index is 0.222. The summed E-state index contributed by atoms with van der Waals surface area (Å²) in [5.74, 6) is 0.690. The lowest BCUT2D eigenvalue weighted by molar-refractivity contribution is 0.165. The van der Waals surface area contributed by atoms with Crippen LogP contribution in [0.2, 0.25) is 0 Å². The molecule has 0 aromatic heterocycles. The number of nitrogens with zero attached hydrogens (tertiary/aromatic N) is 1. The predicted molar refractivity (Wildman–Crippen MR) is 74.7 cm³/mol. The largest absolute Gasteiger partial charge is 0.507 e. The van der Waals surface area contributed by atoms with Gasteiger partial charge in [-0.3, -0.25) is 0 Å². The van der Waals surface area contributed by atoms with Crippen molar-refractivity contribution in [3.8, 4) is 11.5 Å². The van der Waals surface area contributed by atoms with Crippen molar-refractivity contribution < 1.29 is 14.6 Å². The molecule has 4 nitrogen and oxygen atoms in total. The molecule has 2 aromatic carbocycles. The first-order valence-electron chi connectivity index (χ1n) is 6.18. The van der Waals surface area contributed by atoms with Gasteiger partial charge in [-0.1, -0.05) is 24.3 Å². The van der Waals surface area contributed by atoms with Gasteiger partial charge in [0.05, 0.1) is 0 Å². The third-order valence-electron chi connectivity index (χ3n) is 3.15. The highest BCUT2D eigenvalue weighted by molar-refractivity contribution is 5.95. The van der Waals surface area contributed by atoms with Crippen molar-refractivity contribution in [2.24, 2.45) is 0 Å². The van der Waals surface area contributed by atoms with E-state index in [-0.39, 0.29) is 5.75 Å². The third-order valence-corrected chi connectivity index (χ3v) is 3.15. The monoisotopic (exact) mass is 259 g/mol. The van der Waals surface area contributed by atoms with Crippen molar-refractivity contribution in [1.82, 2.24) is 4.90 Å². The zero-order valence-corrected chi connectivity index (χ0v) is 11.3. The molecule has 0 radical (unpaired) electrons. The van der Waals surface area contributed by atoms with E-state index in [0.29, 0.717) is 23.2 Å². The molecule has 0 saturated carbocycles. The molecule has 0 fully saturated rings. The number of phenols is 1. The number of carbonyl (C=O) groups is 1. The van der Waals surface area contributed by atoms with Crippen LogP contribution in [0.25, 0.3) is 10.8 Å². The topological polar surface area (TPSA) is 49.8 Å². The summed E-state index contributed by atoms with van der Waals surface area (Å²) in [5, 5.41) is 11.4. The Morgan fingerprint density at radius 1 is 1.32 bits per heavy atom. The summed E-state index contributed by atoms with van der Waals surface area (Å²) in [5.41, 5.74) is 0.681. The number of ether oxygens (including phenoxy) is 1. The minimum Gasteiger partial charge on any atom is -0.507 e. The molecular formula is C15H17NO3. The highest BCUT2D eigenvalue weighted by Gasteiger charge is 2.14. The van der Waals surface area contributed by atoms with Crippen LogP contribution in [-0.4, -0.2) is 29.7 Å². The van der Waals surface area contributed by atoms with Crippen LogP contribution >= 0.6 is 0 Å². The van der Waals surface area contributed by atoms with E-state index in [0.717, 1.165) is 5.39 Å². The predicted octanol–water partition coefficient (Wildman–Crippen LogP) is 3.30. The Bertz CT molecular complexity index is 622. The Balaban J connectivity index is 2.49. The molecule has 0 aliphatic heterocycles. The van der Waals surface area contributed by atoms with Gasteiger partial charge in [-0.25, -0.2) is 4.79 Å². The Hall–Kier alpha value is -2.23. The average molecular weight is 259 g/mol. The Labute approximate surface area is 112 Å². The Morgan fingerprint density at radius 2 is 1.95 bits per heavy atom. The lowest BCUT2D eigenvalue weighted by Gasteiger charge is -2.16. The normalized spacial score (nSPS) is 10.5. The highest BCUT2D eigenvalue weighted by atomic mass is 16.6. The summed E-state index contributed by atoms with van der Waals surface area (Å²) in [7, 11) is 1.68. The molecule has 1 N–H and O–H groups in total. The molecular weight excluding hydrogens is 242 g/mol. The maximum absolute atomic E-state index is 11.8. The lowest BCUT2D eigenvalue weighted by Crippen LogP contribution is -2.29. The van der Waals surface area contributed by atoms with Crippen LogP contribution in [0.1, 0.15) is 12.5 Å². The third kappa shape index (κ3) is 2.47. The highest BCUT2D eigenvalue weighted by Crippen LogP contribution is 2.35. The quantitative estimate of drug-likeness (QED) is 0.900. The van der Waals surface area contributed by atoms with Gasteiger partial charge in [-0.2, -0.15) is 0 Å². The zero-order chi connectivity index (χ0) is 14.0. The molecule has 0 spiro atoms. The Kier molecular flexibility index (Phi) is 3.60. The molecule has 2 rings (SSSR count). The van der Waals surface area contributed by atoms with Crippen LogP contribution in [0.5, 0.6) is 11.5 Å². The molecule has 19 heavy (non-hydrogen) atoms. The van der Waals surface area contributed by atoms with Gasteiger partial charge < -0.3 is 14.7 Å². The fraction of sp³-hybridized carbons (Fsp3) is 0.267. The van der Waals surface area contributed by atoms with Gasteiger partial charge in [0, 0.05) is 24.4 Å². The van der Waals surface area contributed by atoms with Crippen LogP contribution in [0.4, 0.5) is 4.79 Å². The number of hydrogen-bond acceptors (Lipinski definition) is 3. The molecule has 0 heterocycles. The van der Waals surface area contributed by atoms with Gasteiger partial charge in [0.2, 0.25) is 0 Å². The maximum atomic E-state index is 11.8. The standard InChI is InChI=1S/C15H17NO3/c1-4-16(3)15(18)19-13-9-10(2)14(17)12-8-6-5-7-11(12)13/h5-9,17H,4H2,1-3H3. The molecule has 0 saturated heterocycles. The fourth-order valence-corrected chi connectivity index (χ4v) is 1.85.